The SMILES string of the molecule is CC/C=C(NC(=O)c1cccc(-n2ncc3ccccc32)n1)\C(=C/CC)N1CCCCC1. The number of pyridine rings is 1. The number of carbonyl (C=O) groups is 1. The molecular formula is C26H31N5O. The third-order valence-corrected chi connectivity index (χ3v) is 5.69. The molecule has 1 aromatic carbocycles. The maximum absolute atomic E-state index is 13.2. The molecule has 1 amide bonds. The van der Waals surface area contributed by atoms with Crippen molar-refractivity contribution in [2.24, 2.45) is 0 Å². The minimum Gasteiger partial charge on any atom is -0.370 e. The van der Waals surface area contributed by atoms with Gasteiger partial charge in [-0.15, -0.1) is 0 Å². The van der Waals surface area contributed by atoms with Gasteiger partial charge >= 0.3 is 0 Å². The Balaban J connectivity index is 1.60. The fourth-order valence-corrected chi connectivity index (χ4v) is 4.17. The van der Waals surface area contributed by atoms with E-state index in [2.05, 4.69) is 46.3 Å². The number of para-hydroxylation sites is 1. The number of rotatable bonds is 7. The van der Waals surface area contributed by atoms with Crippen molar-refractivity contribution < 1.29 is 4.79 Å². The van der Waals surface area contributed by atoms with Gasteiger partial charge in [0.05, 0.1) is 23.1 Å². The van der Waals surface area contributed by atoms with E-state index in [0.29, 0.717) is 11.5 Å². The molecule has 0 saturated carbocycles. The summed E-state index contributed by atoms with van der Waals surface area (Å²) in [6.45, 7) is 6.29. The normalized spacial score (nSPS) is 15.2. The number of carbonyl (C=O) groups excluding carboxylic acids is 1. The van der Waals surface area contributed by atoms with Crippen molar-refractivity contribution in [1.82, 2.24) is 25.0 Å². The van der Waals surface area contributed by atoms with E-state index >= 15 is 0 Å². The summed E-state index contributed by atoms with van der Waals surface area (Å²) in [5.74, 6) is 0.419. The molecule has 3 heterocycles. The van der Waals surface area contributed by atoms with Crippen LogP contribution in [0.1, 0.15) is 56.4 Å². The highest BCUT2D eigenvalue weighted by Gasteiger charge is 2.19. The summed E-state index contributed by atoms with van der Waals surface area (Å²) in [5, 5.41) is 8.65. The van der Waals surface area contributed by atoms with Gasteiger partial charge in [0.25, 0.3) is 5.91 Å². The largest absolute Gasteiger partial charge is 0.370 e. The lowest BCUT2D eigenvalue weighted by Crippen LogP contribution is -2.35. The van der Waals surface area contributed by atoms with Crippen LogP contribution < -0.4 is 5.32 Å². The van der Waals surface area contributed by atoms with Crippen LogP contribution in [0.25, 0.3) is 16.7 Å². The molecule has 0 atom stereocenters. The Morgan fingerprint density at radius 3 is 2.56 bits per heavy atom. The highest BCUT2D eigenvalue weighted by atomic mass is 16.1. The first-order valence-electron chi connectivity index (χ1n) is 11.6. The fourth-order valence-electron chi connectivity index (χ4n) is 4.17. The number of nitrogens with one attached hydrogen (secondary N) is 1. The van der Waals surface area contributed by atoms with Gasteiger partial charge in [-0.25, -0.2) is 9.67 Å². The van der Waals surface area contributed by atoms with E-state index in [4.69, 9.17) is 0 Å². The second-order valence-electron chi connectivity index (χ2n) is 8.02. The van der Waals surface area contributed by atoms with Crippen LogP contribution >= 0.6 is 0 Å². The monoisotopic (exact) mass is 429 g/mol. The van der Waals surface area contributed by atoms with Gasteiger partial charge in [0.2, 0.25) is 0 Å². The smallest absolute Gasteiger partial charge is 0.274 e. The first-order chi connectivity index (χ1) is 15.7. The first-order valence-corrected chi connectivity index (χ1v) is 11.6. The van der Waals surface area contributed by atoms with Crippen LogP contribution in [-0.2, 0) is 0 Å². The quantitative estimate of drug-likeness (QED) is 0.523. The van der Waals surface area contributed by atoms with E-state index in [9.17, 15) is 4.79 Å². The number of likely N-dealkylation sites (tertiary alicyclic amines) is 1. The lowest BCUT2D eigenvalue weighted by atomic mass is 10.1. The van der Waals surface area contributed by atoms with E-state index in [-0.39, 0.29) is 5.91 Å². The van der Waals surface area contributed by atoms with Crippen LogP contribution in [0.2, 0.25) is 0 Å². The molecule has 4 rings (SSSR count). The Labute approximate surface area is 189 Å². The lowest BCUT2D eigenvalue weighted by Gasteiger charge is -2.32. The summed E-state index contributed by atoms with van der Waals surface area (Å²) in [4.78, 5) is 20.2. The van der Waals surface area contributed by atoms with Gasteiger partial charge in [0.1, 0.15) is 5.69 Å². The van der Waals surface area contributed by atoms with E-state index in [1.54, 1.807) is 10.7 Å². The summed E-state index contributed by atoms with van der Waals surface area (Å²) < 4.78 is 1.77. The van der Waals surface area contributed by atoms with Gasteiger partial charge in [-0.3, -0.25) is 4.79 Å². The van der Waals surface area contributed by atoms with Gasteiger partial charge in [-0.2, -0.15) is 5.10 Å². The number of nitrogens with zero attached hydrogens (tertiary/aromatic N) is 4. The highest BCUT2D eigenvalue weighted by Crippen LogP contribution is 2.21. The molecule has 0 unspecified atom stereocenters. The third-order valence-electron chi connectivity index (χ3n) is 5.69. The number of piperidine rings is 1. The van der Waals surface area contributed by atoms with Gasteiger partial charge in [-0.05, 0) is 50.3 Å². The van der Waals surface area contributed by atoms with Crippen LogP contribution in [0, 0.1) is 0 Å². The maximum atomic E-state index is 13.2. The molecule has 6 heteroatoms. The summed E-state index contributed by atoms with van der Waals surface area (Å²) in [6, 6.07) is 13.4. The fraction of sp³-hybridized carbons (Fsp3) is 0.346. The zero-order valence-electron chi connectivity index (χ0n) is 18.9. The molecule has 1 saturated heterocycles. The van der Waals surface area contributed by atoms with Crippen LogP contribution in [0.3, 0.4) is 0 Å². The Kier molecular flexibility index (Phi) is 7.00. The summed E-state index contributed by atoms with van der Waals surface area (Å²) in [7, 11) is 0. The molecule has 6 nitrogen and oxygen atoms in total. The summed E-state index contributed by atoms with van der Waals surface area (Å²) in [6.07, 6.45) is 11.5. The number of benzene rings is 1. The van der Waals surface area contributed by atoms with Crippen molar-refractivity contribution in [1.29, 1.82) is 0 Å². The van der Waals surface area contributed by atoms with Crippen LogP contribution in [-0.4, -0.2) is 38.7 Å². The zero-order valence-corrected chi connectivity index (χ0v) is 18.9. The number of aromatic nitrogens is 3. The van der Waals surface area contributed by atoms with Gasteiger partial charge in [0.15, 0.2) is 5.82 Å². The predicted molar refractivity (Wildman–Crippen MR) is 129 cm³/mol. The minimum atomic E-state index is -0.206. The van der Waals surface area contributed by atoms with Crippen molar-refractivity contribution in [3.8, 4) is 5.82 Å². The second-order valence-corrected chi connectivity index (χ2v) is 8.02. The molecule has 0 spiro atoms. The molecular weight excluding hydrogens is 398 g/mol. The molecule has 1 fully saturated rings. The summed E-state index contributed by atoms with van der Waals surface area (Å²) >= 11 is 0. The molecule has 2 aromatic heterocycles. The van der Waals surface area contributed by atoms with Gasteiger partial charge in [0, 0.05) is 18.5 Å². The third kappa shape index (κ3) is 4.74. The first kappa shape index (κ1) is 21.8. The number of amides is 1. The average molecular weight is 430 g/mol. The predicted octanol–water partition coefficient (Wildman–Crippen LogP) is 5.22. The van der Waals surface area contributed by atoms with Crippen molar-refractivity contribution >= 4 is 16.8 Å². The maximum Gasteiger partial charge on any atom is 0.274 e. The number of allylic oxidation sites excluding steroid dienone is 2. The van der Waals surface area contributed by atoms with Crippen molar-refractivity contribution in [2.75, 3.05) is 13.1 Å². The van der Waals surface area contributed by atoms with Crippen LogP contribution in [0.4, 0.5) is 0 Å². The molecule has 1 N–H and O–H groups in total. The van der Waals surface area contributed by atoms with E-state index < -0.39 is 0 Å². The Morgan fingerprint density at radius 2 is 1.78 bits per heavy atom. The van der Waals surface area contributed by atoms with Crippen LogP contribution in [0.15, 0.2) is 72.2 Å². The lowest BCUT2D eigenvalue weighted by molar-refractivity contribution is 0.0959. The van der Waals surface area contributed by atoms with Gasteiger partial charge in [-0.1, -0.05) is 50.3 Å². The van der Waals surface area contributed by atoms with Crippen molar-refractivity contribution in [3.05, 3.63) is 77.9 Å². The second kappa shape index (κ2) is 10.3. The molecule has 0 radical (unpaired) electrons. The molecule has 1 aliphatic rings. The van der Waals surface area contributed by atoms with E-state index in [0.717, 1.165) is 48.2 Å². The number of hydrogen-bond acceptors (Lipinski definition) is 4. The highest BCUT2D eigenvalue weighted by molar-refractivity contribution is 5.94. The number of hydrogen-bond donors (Lipinski definition) is 1. The number of fused-ring (bicyclic) bond motifs is 1. The molecule has 166 valence electrons. The summed E-state index contributed by atoms with van der Waals surface area (Å²) in [5.41, 5.74) is 3.33. The van der Waals surface area contributed by atoms with E-state index in [1.807, 2.05) is 42.6 Å². The standard InChI is InChI=1S/C26H31N5O/c1-3-11-21(24(12-4-2)30-17-8-5-9-18-30)29-26(32)22-14-10-16-25(28-22)31-23-15-7-6-13-20(23)19-27-31/h6-7,10-16,19H,3-5,8-9,17-18H2,1-2H3,(H,29,32)/b21-11+,24-12+. The topological polar surface area (TPSA) is 63.1 Å². The van der Waals surface area contributed by atoms with Crippen molar-refractivity contribution in [2.45, 2.75) is 46.0 Å². The zero-order chi connectivity index (χ0) is 22.3. The molecule has 1 aliphatic heterocycles. The Morgan fingerprint density at radius 1 is 1.00 bits per heavy atom. The van der Waals surface area contributed by atoms with E-state index in [1.165, 1.54) is 19.3 Å². The average Bonchev–Trinajstić information content (AvgIpc) is 3.27. The van der Waals surface area contributed by atoms with Gasteiger partial charge < -0.3 is 10.2 Å². The Hall–Kier alpha value is -3.41. The van der Waals surface area contributed by atoms with Crippen LogP contribution in [0.5, 0.6) is 0 Å². The molecule has 0 bridgehead atoms. The molecule has 0 aliphatic carbocycles. The molecule has 32 heavy (non-hydrogen) atoms. The van der Waals surface area contributed by atoms with Crippen molar-refractivity contribution in [3.63, 3.8) is 0 Å². The Bertz CT molecular complexity index is 1140. The molecule has 3 aromatic rings. The minimum absolute atomic E-state index is 0.206.